The van der Waals surface area contributed by atoms with E-state index in [0.29, 0.717) is 11.0 Å². The van der Waals surface area contributed by atoms with Gasteiger partial charge in [-0.15, -0.1) is 13.2 Å². The molecule has 0 bridgehead atoms. The molecule has 1 aromatic carbocycles. The summed E-state index contributed by atoms with van der Waals surface area (Å²) in [6, 6.07) is 3.97. The van der Waals surface area contributed by atoms with Gasteiger partial charge >= 0.3 is 6.36 Å². The predicted molar refractivity (Wildman–Crippen MR) is 47.9 cm³/mol. The zero-order chi connectivity index (χ0) is 11.1. The molecule has 6 heteroatoms. The number of benzene rings is 1. The molecule has 0 radical (unpaired) electrons. The molecule has 80 valence electrons. The third kappa shape index (κ3) is 2.18. The second-order valence-corrected chi connectivity index (χ2v) is 3.20. The molecule has 0 atom stereocenters. The first-order valence-electron chi connectivity index (χ1n) is 3.88. The van der Waals surface area contributed by atoms with Crippen LogP contribution in [0.5, 0.6) is 5.75 Å². The Balaban J connectivity index is 2.46. The summed E-state index contributed by atoms with van der Waals surface area (Å²) in [4.78, 5) is 0. The molecule has 15 heavy (non-hydrogen) atoms. The fraction of sp³-hybridized carbons (Fsp3) is 0.111. The van der Waals surface area contributed by atoms with E-state index in [2.05, 4.69) is 4.74 Å². The summed E-state index contributed by atoms with van der Waals surface area (Å²) in [7, 11) is 0. The van der Waals surface area contributed by atoms with Crippen molar-refractivity contribution < 1.29 is 22.3 Å². The summed E-state index contributed by atoms with van der Waals surface area (Å²) in [6.45, 7) is 0. The van der Waals surface area contributed by atoms with Crippen LogP contribution in [0.3, 0.4) is 0 Å². The lowest BCUT2D eigenvalue weighted by Crippen LogP contribution is -2.17. The van der Waals surface area contributed by atoms with Gasteiger partial charge in [-0.05, 0) is 12.1 Å². The lowest BCUT2D eigenvalue weighted by Gasteiger charge is -2.09. The fourth-order valence-corrected chi connectivity index (χ4v) is 1.36. The quantitative estimate of drug-likeness (QED) is 0.747. The standard InChI is InChI=1S/C9H4ClF3O2/c10-6-4-7-5(1-2-14-7)3-8(6)15-9(11,12)13/h1-4H. The Morgan fingerprint density at radius 3 is 2.67 bits per heavy atom. The van der Waals surface area contributed by atoms with Crippen LogP contribution in [0.15, 0.2) is 28.9 Å². The first kappa shape index (κ1) is 10.2. The molecule has 0 saturated carbocycles. The van der Waals surface area contributed by atoms with Gasteiger partial charge in [0.2, 0.25) is 0 Å². The normalized spacial score (nSPS) is 12.0. The van der Waals surface area contributed by atoms with E-state index in [1.54, 1.807) is 0 Å². The van der Waals surface area contributed by atoms with Crippen molar-refractivity contribution in [2.45, 2.75) is 6.36 Å². The Bertz CT molecular complexity index is 490. The number of rotatable bonds is 1. The first-order chi connectivity index (χ1) is 6.96. The minimum Gasteiger partial charge on any atom is -0.464 e. The monoisotopic (exact) mass is 236 g/mol. The van der Waals surface area contributed by atoms with Crippen LogP contribution in [0, 0.1) is 0 Å². The van der Waals surface area contributed by atoms with Crippen LogP contribution in [-0.4, -0.2) is 6.36 Å². The second-order valence-electron chi connectivity index (χ2n) is 2.79. The molecular formula is C9H4ClF3O2. The van der Waals surface area contributed by atoms with E-state index in [-0.39, 0.29) is 5.02 Å². The summed E-state index contributed by atoms with van der Waals surface area (Å²) in [6.07, 6.45) is -3.39. The van der Waals surface area contributed by atoms with Crippen LogP contribution in [0.25, 0.3) is 11.0 Å². The van der Waals surface area contributed by atoms with Crippen LogP contribution >= 0.6 is 11.6 Å². The molecule has 0 N–H and O–H groups in total. The summed E-state index contributed by atoms with van der Waals surface area (Å²) >= 11 is 5.58. The highest BCUT2D eigenvalue weighted by Crippen LogP contribution is 2.34. The maximum Gasteiger partial charge on any atom is 0.573 e. The molecule has 2 aromatic rings. The van der Waals surface area contributed by atoms with Crippen LogP contribution in [-0.2, 0) is 0 Å². The van der Waals surface area contributed by atoms with Gasteiger partial charge in [-0.25, -0.2) is 0 Å². The van der Waals surface area contributed by atoms with Crippen LogP contribution in [0.1, 0.15) is 0 Å². The summed E-state index contributed by atoms with van der Waals surface area (Å²) in [5, 5.41) is 0.355. The third-order valence-electron chi connectivity index (χ3n) is 1.73. The van der Waals surface area contributed by atoms with Crippen molar-refractivity contribution >= 4 is 22.6 Å². The maximum atomic E-state index is 11.9. The number of hydrogen-bond acceptors (Lipinski definition) is 2. The van der Waals surface area contributed by atoms with E-state index in [0.717, 1.165) is 0 Å². The van der Waals surface area contributed by atoms with Gasteiger partial charge in [0, 0.05) is 11.5 Å². The Morgan fingerprint density at radius 2 is 2.00 bits per heavy atom. The number of ether oxygens (including phenoxy) is 1. The molecule has 0 saturated heterocycles. The van der Waals surface area contributed by atoms with Crippen molar-refractivity contribution in [3.63, 3.8) is 0 Å². The molecule has 0 unspecified atom stereocenters. The van der Waals surface area contributed by atoms with Crippen molar-refractivity contribution in [1.29, 1.82) is 0 Å². The molecule has 0 spiro atoms. The van der Waals surface area contributed by atoms with Gasteiger partial charge in [0.25, 0.3) is 0 Å². The Kier molecular flexibility index (Phi) is 2.26. The molecule has 0 aliphatic carbocycles. The second kappa shape index (κ2) is 3.34. The minimum absolute atomic E-state index is 0.144. The van der Waals surface area contributed by atoms with Gasteiger partial charge in [0.05, 0.1) is 11.3 Å². The Morgan fingerprint density at radius 1 is 1.27 bits per heavy atom. The summed E-state index contributed by atoms with van der Waals surface area (Å²) in [5.74, 6) is -0.432. The Labute approximate surface area is 87.2 Å². The Hall–Kier alpha value is -1.36. The topological polar surface area (TPSA) is 22.4 Å². The highest BCUT2D eigenvalue weighted by atomic mass is 35.5. The predicted octanol–water partition coefficient (Wildman–Crippen LogP) is 3.98. The van der Waals surface area contributed by atoms with Crippen molar-refractivity contribution in [1.82, 2.24) is 0 Å². The fourth-order valence-electron chi connectivity index (χ4n) is 1.17. The molecule has 0 aliphatic heterocycles. The van der Waals surface area contributed by atoms with Gasteiger partial charge < -0.3 is 9.15 Å². The summed E-state index contributed by atoms with van der Waals surface area (Å²) in [5.41, 5.74) is 0.412. The van der Waals surface area contributed by atoms with Gasteiger partial charge in [-0.3, -0.25) is 0 Å². The maximum absolute atomic E-state index is 11.9. The SMILES string of the molecule is FC(F)(F)Oc1cc2ccoc2cc1Cl. The summed E-state index contributed by atoms with van der Waals surface area (Å²) < 4.78 is 44.5. The van der Waals surface area contributed by atoms with E-state index in [1.807, 2.05) is 0 Å². The van der Waals surface area contributed by atoms with Crippen LogP contribution < -0.4 is 4.74 Å². The number of halogens is 4. The zero-order valence-corrected chi connectivity index (χ0v) is 7.89. The van der Waals surface area contributed by atoms with Gasteiger partial charge in [0.15, 0.2) is 0 Å². The van der Waals surface area contributed by atoms with E-state index >= 15 is 0 Å². The van der Waals surface area contributed by atoms with Gasteiger partial charge in [-0.2, -0.15) is 0 Å². The van der Waals surface area contributed by atoms with Crippen LogP contribution in [0.2, 0.25) is 5.02 Å². The molecule has 0 fully saturated rings. The molecule has 2 nitrogen and oxygen atoms in total. The molecular weight excluding hydrogens is 233 g/mol. The lowest BCUT2D eigenvalue weighted by atomic mass is 10.2. The average molecular weight is 237 g/mol. The van der Waals surface area contributed by atoms with E-state index < -0.39 is 12.1 Å². The van der Waals surface area contributed by atoms with E-state index in [9.17, 15) is 13.2 Å². The highest BCUT2D eigenvalue weighted by Gasteiger charge is 2.32. The van der Waals surface area contributed by atoms with Crippen molar-refractivity contribution in [2.24, 2.45) is 0 Å². The number of alkyl halides is 3. The number of furan rings is 1. The molecule has 1 heterocycles. The molecule has 2 rings (SSSR count). The minimum atomic E-state index is -4.75. The van der Waals surface area contributed by atoms with E-state index in [1.165, 1.54) is 24.5 Å². The molecule has 0 amide bonds. The smallest absolute Gasteiger partial charge is 0.464 e. The third-order valence-corrected chi connectivity index (χ3v) is 2.03. The van der Waals surface area contributed by atoms with Gasteiger partial charge in [0.1, 0.15) is 11.3 Å². The highest BCUT2D eigenvalue weighted by molar-refractivity contribution is 6.32. The zero-order valence-electron chi connectivity index (χ0n) is 7.14. The number of hydrogen-bond donors (Lipinski definition) is 0. The van der Waals surface area contributed by atoms with E-state index in [4.69, 9.17) is 16.0 Å². The van der Waals surface area contributed by atoms with Crippen molar-refractivity contribution in [3.8, 4) is 5.75 Å². The molecule has 0 aliphatic rings. The number of fused-ring (bicyclic) bond motifs is 1. The lowest BCUT2D eigenvalue weighted by molar-refractivity contribution is -0.274. The largest absolute Gasteiger partial charge is 0.573 e. The average Bonchev–Trinajstić information content (AvgIpc) is 2.49. The van der Waals surface area contributed by atoms with Gasteiger partial charge in [-0.1, -0.05) is 11.6 Å². The van der Waals surface area contributed by atoms with Crippen molar-refractivity contribution in [3.05, 3.63) is 29.5 Å². The van der Waals surface area contributed by atoms with Crippen molar-refractivity contribution in [2.75, 3.05) is 0 Å². The van der Waals surface area contributed by atoms with Crippen LogP contribution in [0.4, 0.5) is 13.2 Å². The molecule has 1 aromatic heterocycles. The first-order valence-corrected chi connectivity index (χ1v) is 4.26.